The number of carbonyl (C=O) groups is 1. The van der Waals surface area contributed by atoms with Crippen LogP contribution < -0.4 is 15.9 Å². The van der Waals surface area contributed by atoms with E-state index in [0.29, 0.717) is 23.8 Å². The van der Waals surface area contributed by atoms with E-state index in [2.05, 4.69) is 25.3 Å². The van der Waals surface area contributed by atoms with Crippen molar-refractivity contribution in [3.8, 4) is 5.75 Å². The van der Waals surface area contributed by atoms with Gasteiger partial charge in [-0.25, -0.2) is 0 Å². The maximum atomic E-state index is 13.0. The summed E-state index contributed by atoms with van der Waals surface area (Å²) in [5.74, 6) is 0.797. The predicted octanol–water partition coefficient (Wildman–Crippen LogP) is 4.98. The molecule has 155 valence electrons. The van der Waals surface area contributed by atoms with Gasteiger partial charge in [0, 0.05) is 11.1 Å². The Labute approximate surface area is 180 Å². The Hall–Kier alpha value is -3.86. The van der Waals surface area contributed by atoms with E-state index >= 15 is 0 Å². The number of fused-ring (bicyclic) bond motifs is 1. The highest BCUT2D eigenvalue weighted by molar-refractivity contribution is 6.16. The standard InChI is InChI=1S/C26H22NO4/c1-17(18-6-3-2-4-7-18)14-15-30-20-12-10-19(11-13-20)25(28)21-8-5-9-23-24(21)26(29)22(27)16-31-23/h2-13,17H,14-15,27H2,1H3. The van der Waals surface area contributed by atoms with Crippen LogP contribution in [-0.4, -0.2) is 12.4 Å². The second-order valence-corrected chi connectivity index (χ2v) is 7.43. The quantitative estimate of drug-likeness (QED) is 0.433. The average molecular weight is 412 g/mol. The normalized spacial score (nSPS) is 11.9. The van der Waals surface area contributed by atoms with E-state index in [-0.39, 0.29) is 28.0 Å². The highest BCUT2D eigenvalue weighted by atomic mass is 16.5. The topological polar surface area (TPSA) is 82.5 Å². The summed E-state index contributed by atoms with van der Waals surface area (Å²) in [4.78, 5) is 25.4. The van der Waals surface area contributed by atoms with Gasteiger partial charge in [-0.15, -0.1) is 0 Å². The van der Waals surface area contributed by atoms with Crippen LogP contribution >= 0.6 is 0 Å². The number of nitrogens with two attached hydrogens (primary N) is 1. The van der Waals surface area contributed by atoms with Gasteiger partial charge in [-0.1, -0.05) is 49.4 Å². The van der Waals surface area contributed by atoms with Crippen LogP contribution in [0.2, 0.25) is 0 Å². The van der Waals surface area contributed by atoms with Gasteiger partial charge < -0.3 is 14.9 Å². The summed E-state index contributed by atoms with van der Waals surface area (Å²) in [6.45, 7) is 2.75. The molecular weight excluding hydrogens is 390 g/mol. The first-order valence-electron chi connectivity index (χ1n) is 10.1. The lowest BCUT2D eigenvalue weighted by molar-refractivity contribution is 0.104. The van der Waals surface area contributed by atoms with Gasteiger partial charge in [0.25, 0.3) is 0 Å². The molecule has 2 N–H and O–H groups in total. The maximum absolute atomic E-state index is 13.0. The summed E-state index contributed by atoms with van der Waals surface area (Å²) < 4.78 is 11.1. The van der Waals surface area contributed by atoms with E-state index in [1.54, 1.807) is 42.5 Å². The number of benzene rings is 3. The van der Waals surface area contributed by atoms with Crippen LogP contribution in [0.25, 0.3) is 11.0 Å². The first kappa shape index (κ1) is 20.4. The van der Waals surface area contributed by atoms with Gasteiger partial charge in [-0.05, 0) is 48.2 Å². The van der Waals surface area contributed by atoms with Crippen molar-refractivity contribution in [1.82, 2.24) is 0 Å². The van der Waals surface area contributed by atoms with E-state index in [0.717, 1.165) is 6.42 Å². The summed E-state index contributed by atoms with van der Waals surface area (Å²) in [6, 6.07) is 22.1. The highest BCUT2D eigenvalue weighted by Gasteiger charge is 2.17. The average Bonchev–Trinajstić information content (AvgIpc) is 2.81. The van der Waals surface area contributed by atoms with Gasteiger partial charge in [-0.3, -0.25) is 9.59 Å². The van der Waals surface area contributed by atoms with Crippen molar-refractivity contribution in [3.63, 3.8) is 0 Å². The van der Waals surface area contributed by atoms with Crippen LogP contribution in [0.1, 0.15) is 40.7 Å². The van der Waals surface area contributed by atoms with Crippen molar-refractivity contribution in [2.45, 2.75) is 19.3 Å². The molecule has 0 saturated heterocycles. The lowest BCUT2D eigenvalue weighted by Gasteiger charge is -2.13. The number of hydrogen-bond donors (Lipinski definition) is 1. The number of rotatable bonds is 7. The minimum absolute atomic E-state index is 0.152. The number of nitrogen functional groups attached to an aromatic ring is 1. The molecular formula is C26H22NO4. The van der Waals surface area contributed by atoms with Crippen molar-refractivity contribution in [1.29, 1.82) is 0 Å². The molecule has 0 bridgehead atoms. The zero-order chi connectivity index (χ0) is 21.8. The molecule has 0 aliphatic heterocycles. The molecule has 3 aromatic carbocycles. The Balaban J connectivity index is 1.46. The summed E-state index contributed by atoms with van der Waals surface area (Å²) >= 11 is 0. The van der Waals surface area contributed by atoms with E-state index in [9.17, 15) is 9.59 Å². The Bertz CT molecular complexity index is 1260. The molecule has 5 heteroatoms. The molecule has 4 rings (SSSR count). The molecule has 4 aromatic rings. The summed E-state index contributed by atoms with van der Waals surface area (Å²) in [5.41, 5.74) is 7.27. The summed E-state index contributed by atoms with van der Waals surface area (Å²) in [6.07, 6.45) is 3.24. The van der Waals surface area contributed by atoms with Crippen molar-refractivity contribution in [2.75, 3.05) is 12.3 Å². The third-order valence-electron chi connectivity index (χ3n) is 5.32. The lowest BCUT2D eigenvalue weighted by atomic mass is 9.98. The Morgan fingerprint density at radius 2 is 1.77 bits per heavy atom. The van der Waals surface area contributed by atoms with Crippen molar-refractivity contribution in [3.05, 3.63) is 106 Å². The first-order chi connectivity index (χ1) is 15.0. The number of ketones is 1. The molecule has 1 atom stereocenters. The second-order valence-electron chi connectivity index (χ2n) is 7.43. The van der Waals surface area contributed by atoms with E-state index in [1.165, 1.54) is 5.56 Å². The third kappa shape index (κ3) is 4.36. The monoisotopic (exact) mass is 412 g/mol. The highest BCUT2D eigenvalue weighted by Crippen LogP contribution is 2.23. The van der Waals surface area contributed by atoms with Crippen LogP contribution in [-0.2, 0) is 0 Å². The fourth-order valence-electron chi connectivity index (χ4n) is 3.49. The van der Waals surface area contributed by atoms with Gasteiger partial charge in [-0.2, -0.15) is 0 Å². The van der Waals surface area contributed by atoms with E-state index < -0.39 is 5.43 Å². The van der Waals surface area contributed by atoms with Crippen LogP contribution in [0.15, 0.2) is 82.0 Å². The summed E-state index contributed by atoms with van der Waals surface area (Å²) in [5, 5.41) is 0.166. The summed E-state index contributed by atoms with van der Waals surface area (Å²) in [7, 11) is 0. The molecule has 1 unspecified atom stereocenters. The molecule has 1 aromatic heterocycles. The zero-order valence-corrected chi connectivity index (χ0v) is 17.1. The van der Waals surface area contributed by atoms with Gasteiger partial charge >= 0.3 is 0 Å². The number of carbonyl (C=O) groups excluding carboxylic acids is 1. The second kappa shape index (κ2) is 8.88. The number of ether oxygens (including phenoxy) is 1. The molecule has 0 spiro atoms. The molecule has 31 heavy (non-hydrogen) atoms. The van der Waals surface area contributed by atoms with E-state index in [4.69, 9.17) is 14.9 Å². The third-order valence-corrected chi connectivity index (χ3v) is 5.32. The predicted molar refractivity (Wildman–Crippen MR) is 121 cm³/mol. The van der Waals surface area contributed by atoms with Crippen LogP contribution in [0.4, 0.5) is 5.69 Å². The lowest BCUT2D eigenvalue weighted by Crippen LogP contribution is -2.13. The van der Waals surface area contributed by atoms with Crippen molar-refractivity contribution >= 4 is 22.4 Å². The molecule has 5 nitrogen and oxygen atoms in total. The molecule has 1 radical (unpaired) electrons. The Morgan fingerprint density at radius 3 is 2.52 bits per heavy atom. The fraction of sp³-hybridized carbons (Fsp3) is 0.154. The Morgan fingerprint density at radius 1 is 1.03 bits per heavy atom. The van der Waals surface area contributed by atoms with Gasteiger partial charge in [0.05, 0.1) is 12.0 Å². The molecule has 0 amide bonds. The zero-order valence-electron chi connectivity index (χ0n) is 17.1. The minimum Gasteiger partial charge on any atom is -0.494 e. The smallest absolute Gasteiger partial charge is 0.217 e. The molecule has 0 aliphatic carbocycles. The van der Waals surface area contributed by atoms with Gasteiger partial charge in [0.1, 0.15) is 17.0 Å². The largest absolute Gasteiger partial charge is 0.494 e. The minimum atomic E-state index is -0.460. The van der Waals surface area contributed by atoms with Gasteiger partial charge in [0.15, 0.2) is 12.0 Å². The van der Waals surface area contributed by atoms with E-state index in [1.807, 2.05) is 18.2 Å². The van der Waals surface area contributed by atoms with Crippen LogP contribution in [0, 0.1) is 6.26 Å². The molecule has 0 fully saturated rings. The molecule has 0 saturated carbocycles. The maximum Gasteiger partial charge on any atom is 0.217 e. The van der Waals surface area contributed by atoms with Crippen molar-refractivity contribution < 1.29 is 13.9 Å². The Kier molecular flexibility index (Phi) is 5.85. The first-order valence-corrected chi connectivity index (χ1v) is 10.1. The molecule has 1 heterocycles. The number of anilines is 1. The number of hydrogen-bond acceptors (Lipinski definition) is 5. The van der Waals surface area contributed by atoms with Crippen LogP contribution in [0.3, 0.4) is 0 Å². The van der Waals surface area contributed by atoms with Crippen molar-refractivity contribution in [2.24, 2.45) is 0 Å². The van der Waals surface area contributed by atoms with Crippen LogP contribution in [0.5, 0.6) is 5.75 Å². The molecule has 0 aliphatic rings. The van der Waals surface area contributed by atoms with Gasteiger partial charge in [0.2, 0.25) is 5.43 Å². The fourth-order valence-corrected chi connectivity index (χ4v) is 3.49. The SMILES string of the molecule is CC(CCOc1ccc(C(=O)c2cccc3o[c]c(N)c(=O)c23)cc1)c1ccccc1.